The van der Waals surface area contributed by atoms with Gasteiger partial charge in [0.05, 0.1) is 5.75 Å². The third-order valence-corrected chi connectivity index (χ3v) is 6.53. The van der Waals surface area contributed by atoms with E-state index < -0.39 is 0 Å². The fourth-order valence-corrected chi connectivity index (χ4v) is 4.68. The van der Waals surface area contributed by atoms with E-state index in [1.165, 1.54) is 30.5 Å². The topological polar surface area (TPSA) is 36.4 Å². The summed E-state index contributed by atoms with van der Waals surface area (Å²) in [5, 5.41) is 0. The van der Waals surface area contributed by atoms with Crippen molar-refractivity contribution >= 4 is 17.7 Å². The van der Waals surface area contributed by atoms with Gasteiger partial charge < -0.3 is 9.80 Å². The highest BCUT2D eigenvalue weighted by molar-refractivity contribution is 8.00. The van der Waals surface area contributed by atoms with Crippen LogP contribution in [0.3, 0.4) is 0 Å². The summed E-state index contributed by atoms with van der Waals surface area (Å²) < 4.78 is 0. The lowest BCUT2D eigenvalue weighted by Crippen LogP contribution is -2.42. The molecule has 0 N–H and O–H groups in total. The minimum atomic E-state index is 0.207. The minimum absolute atomic E-state index is 0.207. The van der Waals surface area contributed by atoms with Gasteiger partial charge in [0.25, 0.3) is 0 Å². The predicted molar refractivity (Wildman–Crippen MR) is 117 cm³/mol. The van der Waals surface area contributed by atoms with Gasteiger partial charge in [-0.05, 0) is 61.9 Å². The quantitative estimate of drug-likeness (QED) is 0.633. The van der Waals surface area contributed by atoms with Crippen LogP contribution in [0.5, 0.6) is 0 Å². The summed E-state index contributed by atoms with van der Waals surface area (Å²) in [6, 6.07) is 12.6. The van der Waals surface area contributed by atoms with Gasteiger partial charge in [-0.25, -0.2) is 0 Å². The van der Waals surface area contributed by atoms with E-state index in [1.807, 2.05) is 24.1 Å². The summed E-state index contributed by atoms with van der Waals surface area (Å²) in [6.07, 6.45) is 7.09. The summed E-state index contributed by atoms with van der Waals surface area (Å²) in [5.74, 6) is 1.27. The van der Waals surface area contributed by atoms with Gasteiger partial charge in [0.1, 0.15) is 0 Å². The number of pyridine rings is 1. The summed E-state index contributed by atoms with van der Waals surface area (Å²) in [4.78, 5) is 22.1. The molecule has 4 nitrogen and oxygen atoms in total. The number of piperidine rings is 1. The maximum absolute atomic E-state index is 12.5. The number of aryl methyl sites for hydroxylation is 1. The van der Waals surface area contributed by atoms with Crippen LogP contribution in [0.15, 0.2) is 53.7 Å². The van der Waals surface area contributed by atoms with Crippen LogP contribution in [0.25, 0.3) is 0 Å². The molecule has 0 radical (unpaired) electrons. The number of rotatable bonds is 8. The van der Waals surface area contributed by atoms with Crippen LogP contribution in [0, 0.1) is 12.8 Å². The third kappa shape index (κ3) is 6.35. The zero-order valence-corrected chi connectivity index (χ0v) is 17.8. The number of hydrogen-bond acceptors (Lipinski definition) is 4. The second-order valence-electron chi connectivity index (χ2n) is 7.73. The van der Waals surface area contributed by atoms with Crippen molar-refractivity contribution in [2.24, 2.45) is 5.92 Å². The highest BCUT2D eigenvalue weighted by Gasteiger charge is 2.22. The number of hydrogen-bond donors (Lipinski definition) is 0. The van der Waals surface area contributed by atoms with Crippen LogP contribution in [0.2, 0.25) is 0 Å². The van der Waals surface area contributed by atoms with Crippen LogP contribution in [0.1, 0.15) is 24.0 Å². The number of amides is 1. The number of benzene rings is 1. The number of aromatic nitrogens is 1. The number of likely N-dealkylation sites (tertiary alicyclic amines) is 1. The number of carbonyl (C=O) groups excluding carboxylic acids is 1. The fourth-order valence-electron chi connectivity index (χ4n) is 3.85. The third-order valence-electron chi connectivity index (χ3n) is 5.53. The van der Waals surface area contributed by atoms with Gasteiger partial charge >= 0.3 is 0 Å². The van der Waals surface area contributed by atoms with Gasteiger partial charge in [-0.3, -0.25) is 9.78 Å². The first-order valence-electron chi connectivity index (χ1n) is 10.2. The number of nitrogens with zero attached hydrogens (tertiary/aromatic N) is 3. The van der Waals surface area contributed by atoms with Crippen LogP contribution in [-0.2, 0) is 11.2 Å². The molecule has 2 aromatic rings. The van der Waals surface area contributed by atoms with E-state index in [1.54, 1.807) is 24.2 Å². The Kier molecular flexibility index (Phi) is 7.92. The molecule has 1 aliphatic heterocycles. The first-order chi connectivity index (χ1) is 13.6. The zero-order chi connectivity index (χ0) is 19.8. The Hall–Kier alpha value is -1.85. The highest BCUT2D eigenvalue weighted by Crippen LogP contribution is 2.20. The van der Waals surface area contributed by atoms with Crippen molar-refractivity contribution in [3.63, 3.8) is 0 Å². The van der Waals surface area contributed by atoms with E-state index in [-0.39, 0.29) is 5.91 Å². The Morgan fingerprint density at radius 1 is 1.25 bits per heavy atom. The Balaban J connectivity index is 1.42. The molecule has 1 aliphatic rings. The largest absolute Gasteiger partial charge is 0.345 e. The van der Waals surface area contributed by atoms with Crippen molar-refractivity contribution in [1.29, 1.82) is 0 Å². The fraction of sp³-hybridized carbons (Fsp3) is 0.478. The smallest absolute Gasteiger partial charge is 0.232 e. The molecule has 0 bridgehead atoms. The molecular weight excluding hydrogens is 366 g/mol. The van der Waals surface area contributed by atoms with Crippen LogP contribution >= 0.6 is 11.8 Å². The second kappa shape index (κ2) is 10.6. The van der Waals surface area contributed by atoms with E-state index in [0.29, 0.717) is 11.7 Å². The van der Waals surface area contributed by atoms with E-state index >= 15 is 0 Å². The molecule has 0 aliphatic carbocycles. The van der Waals surface area contributed by atoms with E-state index in [2.05, 4.69) is 41.1 Å². The number of thioether (sulfide) groups is 1. The van der Waals surface area contributed by atoms with Crippen molar-refractivity contribution in [2.75, 3.05) is 39.0 Å². The Labute approximate surface area is 173 Å². The van der Waals surface area contributed by atoms with Crippen molar-refractivity contribution in [1.82, 2.24) is 14.8 Å². The summed E-state index contributed by atoms with van der Waals surface area (Å²) in [7, 11) is 1.95. The van der Waals surface area contributed by atoms with Gasteiger partial charge in [-0.1, -0.05) is 24.3 Å². The predicted octanol–water partition coefficient (Wildman–Crippen LogP) is 3.90. The van der Waals surface area contributed by atoms with Crippen molar-refractivity contribution < 1.29 is 4.79 Å². The lowest BCUT2D eigenvalue weighted by atomic mass is 9.96. The first-order valence-corrected chi connectivity index (χ1v) is 11.1. The Morgan fingerprint density at radius 2 is 2.04 bits per heavy atom. The molecule has 0 spiro atoms. The molecule has 28 heavy (non-hydrogen) atoms. The average Bonchev–Trinajstić information content (AvgIpc) is 2.72. The first kappa shape index (κ1) is 20.9. The second-order valence-corrected chi connectivity index (χ2v) is 8.78. The molecule has 1 atom stereocenters. The monoisotopic (exact) mass is 397 g/mol. The van der Waals surface area contributed by atoms with Gasteiger partial charge in [0, 0.05) is 44.0 Å². The Bertz CT molecular complexity index is 753. The molecule has 1 aromatic carbocycles. The molecular formula is C23H31N3OS. The summed E-state index contributed by atoms with van der Waals surface area (Å²) >= 11 is 1.58. The highest BCUT2D eigenvalue weighted by atomic mass is 32.2. The average molecular weight is 398 g/mol. The van der Waals surface area contributed by atoms with E-state index in [4.69, 9.17) is 0 Å². The molecule has 3 rings (SSSR count). The molecule has 1 fully saturated rings. The van der Waals surface area contributed by atoms with Gasteiger partial charge in [-0.15, -0.1) is 11.8 Å². The lowest BCUT2D eigenvalue weighted by molar-refractivity contribution is -0.127. The molecule has 1 aromatic heterocycles. The Morgan fingerprint density at radius 3 is 2.82 bits per heavy atom. The normalized spacial score (nSPS) is 17.4. The lowest BCUT2D eigenvalue weighted by Gasteiger charge is -2.34. The zero-order valence-electron chi connectivity index (χ0n) is 17.0. The van der Waals surface area contributed by atoms with Crippen LogP contribution in [0.4, 0.5) is 0 Å². The molecule has 5 heteroatoms. The molecule has 1 amide bonds. The van der Waals surface area contributed by atoms with Gasteiger partial charge in [0.2, 0.25) is 5.91 Å². The van der Waals surface area contributed by atoms with Crippen LogP contribution < -0.4 is 0 Å². The SMILES string of the molecule is Cc1ccccc1CCN1CCCC(CN(C)C(=O)CSc2ccncc2)C1. The van der Waals surface area contributed by atoms with Gasteiger partial charge in [-0.2, -0.15) is 0 Å². The van der Waals surface area contributed by atoms with E-state index in [0.717, 1.165) is 31.0 Å². The molecule has 1 saturated heterocycles. The number of carbonyl (C=O) groups is 1. The maximum Gasteiger partial charge on any atom is 0.232 e. The standard InChI is InChI=1S/C23H31N3OS/c1-19-6-3-4-8-21(19)11-15-26-14-5-7-20(17-26)16-25(2)23(27)18-28-22-9-12-24-13-10-22/h3-4,6,8-10,12-13,20H,5,7,11,14-18H2,1-2H3. The van der Waals surface area contributed by atoms with Crippen LogP contribution in [-0.4, -0.2) is 59.7 Å². The van der Waals surface area contributed by atoms with Crippen molar-refractivity contribution in [3.8, 4) is 0 Å². The summed E-state index contributed by atoms with van der Waals surface area (Å²) in [5.41, 5.74) is 2.83. The minimum Gasteiger partial charge on any atom is -0.345 e. The molecule has 1 unspecified atom stereocenters. The maximum atomic E-state index is 12.5. The van der Waals surface area contributed by atoms with Gasteiger partial charge in [0.15, 0.2) is 0 Å². The molecule has 150 valence electrons. The summed E-state index contributed by atoms with van der Waals surface area (Å²) in [6.45, 7) is 6.44. The molecule has 2 heterocycles. The molecule has 0 saturated carbocycles. The van der Waals surface area contributed by atoms with Crippen molar-refractivity contribution in [2.45, 2.75) is 31.1 Å². The van der Waals surface area contributed by atoms with Crippen molar-refractivity contribution in [3.05, 3.63) is 59.9 Å². The van der Waals surface area contributed by atoms with E-state index in [9.17, 15) is 4.79 Å².